The van der Waals surface area contributed by atoms with E-state index in [4.69, 9.17) is 0 Å². The minimum atomic E-state index is -2.72. The standard InChI is InChI=1S/C12H15F2N/c1-8(2)10-6-5-9-4-3-7-12(13,14)11(9)15-10/h5-6,8H,3-4,7H2,1-2H3. The molecular formula is C12H15F2N. The third-order valence-corrected chi connectivity index (χ3v) is 2.88. The molecule has 1 aromatic rings. The lowest BCUT2D eigenvalue weighted by molar-refractivity contribution is -0.0265. The van der Waals surface area contributed by atoms with E-state index in [1.165, 1.54) is 0 Å². The van der Waals surface area contributed by atoms with Crippen LogP contribution in [0.4, 0.5) is 8.78 Å². The molecule has 0 unspecified atom stereocenters. The smallest absolute Gasteiger partial charge is 0.251 e. The Morgan fingerprint density at radius 3 is 2.73 bits per heavy atom. The lowest BCUT2D eigenvalue weighted by atomic mass is 9.92. The van der Waals surface area contributed by atoms with Gasteiger partial charge in [0.1, 0.15) is 5.69 Å². The molecule has 0 bridgehead atoms. The first-order valence-corrected chi connectivity index (χ1v) is 5.39. The van der Waals surface area contributed by atoms with Gasteiger partial charge in [0.25, 0.3) is 5.92 Å². The molecular weight excluding hydrogens is 196 g/mol. The van der Waals surface area contributed by atoms with Crippen molar-refractivity contribution in [3.63, 3.8) is 0 Å². The molecule has 2 rings (SSSR count). The van der Waals surface area contributed by atoms with Gasteiger partial charge >= 0.3 is 0 Å². The average Bonchev–Trinajstić information content (AvgIpc) is 2.17. The van der Waals surface area contributed by atoms with E-state index in [0.717, 1.165) is 17.7 Å². The highest BCUT2D eigenvalue weighted by Crippen LogP contribution is 2.39. The zero-order chi connectivity index (χ0) is 11.1. The summed E-state index contributed by atoms with van der Waals surface area (Å²) in [5.41, 5.74) is 1.49. The van der Waals surface area contributed by atoms with Gasteiger partial charge < -0.3 is 0 Å². The van der Waals surface area contributed by atoms with Crippen LogP contribution in [0, 0.1) is 0 Å². The topological polar surface area (TPSA) is 12.9 Å². The summed E-state index contributed by atoms with van der Waals surface area (Å²) in [4.78, 5) is 4.12. The number of rotatable bonds is 1. The lowest BCUT2D eigenvalue weighted by Crippen LogP contribution is -2.23. The van der Waals surface area contributed by atoms with Crippen LogP contribution in [0.1, 0.15) is 49.6 Å². The van der Waals surface area contributed by atoms with Gasteiger partial charge in [-0.3, -0.25) is 4.98 Å². The number of halogens is 2. The summed E-state index contributed by atoms with van der Waals surface area (Å²) in [5, 5.41) is 0. The van der Waals surface area contributed by atoms with Crippen LogP contribution in [0.25, 0.3) is 0 Å². The molecule has 1 heterocycles. The van der Waals surface area contributed by atoms with Crippen molar-refractivity contribution < 1.29 is 8.78 Å². The maximum absolute atomic E-state index is 13.6. The van der Waals surface area contributed by atoms with Crippen LogP contribution >= 0.6 is 0 Å². The second-order valence-corrected chi connectivity index (χ2v) is 4.46. The Hall–Kier alpha value is -0.990. The van der Waals surface area contributed by atoms with Crippen LogP contribution in [-0.2, 0) is 12.3 Å². The van der Waals surface area contributed by atoms with Crippen molar-refractivity contribution in [3.05, 3.63) is 29.1 Å². The van der Waals surface area contributed by atoms with Gasteiger partial charge in [-0.1, -0.05) is 19.9 Å². The molecule has 0 atom stereocenters. The van der Waals surface area contributed by atoms with E-state index >= 15 is 0 Å². The molecule has 1 aromatic heterocycles. The molecule has 15 heavy (non-hydrogen) atoms. The number of hydrogen-bond donors (Lipinski definition) is 0. The Balaban J connectivity index is 2.49. The Morgan fingerprint density at radius 1 is 1.33 bits per heavy atom. The molecule has 0 N–H and O–H groups in total. The van der Waals surface area contributed by atoms with Gasteiger partial charge in [-0.2, -0.15) is 8.78 Å². The van der Waals surface area contributed by atoms with Gasteiger partial charge in [-0.05, 0) is 30.4 Å². The molecule has 1 aliphatic carbocycles. The SMILES string of the molecule is CC(C)c1ccc2c(n1)C(F)(F)CCC2. The van der Waals surface area contributed by atoms with Crippen LogP contribution in [0.3, 0.4) is 0 Å². The summed E-state index contributed by atoms with van der Waals surface area (Å²) < 4.78 is 27.2. The molecule has 0 saturated carbocycles. The monoisotopic (exact) mass is 211 g/mol. The average molecular weight is 211 g/mol. The molecule has 0 aliphatic heterocycles. The summed E-state index contributed by atoms with van der Waals surface area (Å²) >= 11 is 0. The number of aromatic nitrogens is 1. The quantitative estimate of drug-likeness (QED) is 0.691. The minimum Gasteiger partial charge on any atom is -0.251 e. The first kappa shape index (κ1) is 10.5. The highest BCUT2D eigenvalue weighted by atomic mass is 19.3. The van der Waals surface area contributed by atoms with Crippen LogP contribution in [0.15, 0.2) is 12.1 Å². The Kier molecular flexibility index (Phi) is 2.49. The normalized spacial score (nSPS) is 19.0. The van der Waals surface area contributed by atoms with Crippen LogP contribution < -0.4 is 0 Å². The van der Waals surface area contributed by atoms with E-state index in [9.17, 15) is 8.78 Å². The summed E-state index contributed by atoms with van der Waals surface area (Å²) in [7, 11) is 0. The summed E-state index contributed by atoms with van der Waals surface area (Å²) in [6.45, 7) is 3.94. The van der Waals surface area contributed by atoms with Gasteiger partial charge in [0.05, 0.1) is 0 Å². The van der Waals surface area contributed by atoms with Gasteiger partial charge in [0, 0.05) is 12.1 Å². The zero-order valence-electron chi connectivity index (χ0n) is 9.06. The Labute approximate surface area is 88.5 Å². The molecule has 1 nitrogen and oxygen atoms in total. The van der Waals surface area contributed by atoms with E-state index in [1.807, 2.05) is 26.0 Å². The largest absolute Gasteiger partial charge is 0.290 e. The van der Waals surface area contributed by atoms with Crippen molar-refractivity contribution in [2.24, 2.45) is 0 Å². The van der Waals surface area contributed by atoms with Crippen molar-refractivity contribution in [1.82, 2.24) is 4.98 Å². The third kappa shape index (κ3) is 1.87. The number of aryl methyl sites for hydroxylation is 1. The van der Waals surface area contributed by atoms with Crippen molar-refractivity contribution in [2.45, 2.75) is 45.0 Å². The zero-order valence-corrected chi connectivity index (χ0v) is 9.06. The van der Waals surface area contributed by atoms with E-state index < -0.39 is 5.92 Å². The molecule has 0 fully saturated rings. The number of pyridine rings is 1. The van der Waals surface area contributed by atoms with Crippen molar-refractivity contribution in [2.75, 3.05) is 0 Å². The van der Waals surface area contributed by atoms with Crippen molar-refractivity contribution in [3.8, 4) is 0 Å². The molecule has 0 saturated heterocycles. The highest BCUT2D eigenvalue weighted by Gasteiger charge is 2.38. The van der Waals surface area contributed by atoms with Gasteiger partial charge in [-0.15, -0.1) is 0 Å². The molecule has 3 heteroatoms. The predicted octanol–water partition coefficient (Wildman–Crippen LogP) is 3.63. The fourth-order valence-corrected chi connectivity index (χ4v) is 1.96. The second-order valence-electron chi connectivity index (χ2n) is 4.46. The third-order valence-electron chi connectivity index (χ3n) is 2.88. The summed E-state index contributed by atoms with van der Waals surface area (Å²) in [6, 6.07) is 3.68. The summed E-state index contributed by atoms with van der Waals surface area (Å²) in [5.74, 6) is -2.52. The minimum absolute atomic E-state index is 0.0138. The maximum Gasteiger partial charge on any atom is 0.290 e. The summed E-state index contributed by atoms with van der Waals surface area (Å²) in [6.07, 6.45) is 1.23. The van der Waals surface area contributed by atoms with E-state index in [-0.39, 0.29) is 18.0 Å². The van der Waals surface area contributed by atoms with Gasteiger partial charge in [0.2, 0.25) is 0 Å². The molecule has 82 valence electrons. The number of alkyl halides is 2. The fraction of sp³-hybridized carbons (Fsp3) is 0.583. The predicted molar refractivity (Wildman–Crippen MR) is 55.2 cm³/mol. The number of nitrogens with zero attached hydrogens (tertiary/aromatic N) is 1. The first-order chi connectivity index (χ1) is 7.00. The van der Waals surface area contributed by atoms with Crippen LogP contribution in [-0.4, -0.2) is 4.98 Å². The Bertz CT molecular complexity index is 372. The first-order valence-electron chi connectivity index (χ1n) is 5.39. The van der Waals surface area contributed by atoms with Crippen molar-refractivity contribution >= 4 is 0 Å². The van der Waals surface area contributed by atoms with Crippen LogP contribution in [0.5, 0.6) is 0 Å². The van der Waals surface area contributed by atoms with E-state index in [1.54, 1.807) is 0 Å². The molecule has 0 amide bonds. The fourth-order valence-electron chi connectivity index (χ4n) is 1.96. The van der Waals surface area contributed by atoms with Gasteiger partial charge in [-0.25, -0.2) is 0 Å². The van der Waals surface area contributed by atoms with E-state index in [0.29, 0.717) is 6.42 Å². The molecule has 1 aliphatic rings. The van der Waals surface area contributed by atoms with Crippen LogP contribution in [0.2, 0.25) is 0 Å². The Morgan fingerprint density at radius 2 is 2.07 bits per heavy atom. The lowest BCUT2D eigenvalue weighted by Gasteiger charge is -2.24. The second kappa shape index (κ2) is 3.54. The highest BCUT2D eigenvalue weighted by molar-refractivity contribution is 5.29. The van der Waals surface area contributed by atoms with Crippen molar-refractivity contribution in [1.29, 1.82) is 0 Å². The number of hydrogen-bond acceptors (Lipinski definition) is 1. The molecule has 0 spiro atoms. The maximum atomic E-state index is 13.6. The molecule has 0 radical (unpaired) electrons. The van der Waals surface area contributed by atoms with E-state index in [2.05, 4.69) is 4.98 Å². The number of fused-ring (bicyclic) bond motifs is 1. The molecule has 0 aromatic carbocycles. The van der Waals surface area contributed by atoms with Gasteiger partial charge in [0.15, 0.2) is 0 Å².